The molecule has 230 valence electrons. The quantitative estimate of drug-likeness (QED) is 0.197. The van der Waals surface area contributed by atoms with Gasteiger partial charge in [0.15, 0.2) is 0 Å². The van der Waals surface area contributed by atoms with E-state index in [4.69, 9.17) is 4.98 Å². The molecule has 4 nitrogen and oxygen atoms in total. The van der Waals surface area contributed by atoms with Crippen LogP contribution in [0.2, 0.25) is 0 Å². The van der Waals surface area contributed by atoms with Crippen LogP contribution in [0.3, 0.4) is 0 Å². The van der Waals surface area contributed by atoms with Crippen LogP contribution in [0.1, 0.15) is 26.3 Å². The summed E-state index contributed by atoms with van der Waals surface area (Å²) >= 11 is 0. The summed E-state index contributed by atoms with van der Waals surface area (Å²) < 4.78 is 4.73. The average molecular weight is 619 g/mol. The third kappa shape index (κ3) is 4.52. The molecular formula is C44H34N4. The minimum absolute atomic E-state index is 0.00359. The first kappa shape index (κ1) is 28.2. The van der Waals surface area contributed by atoms with Gasteiger partial charge >= 0.3 is 0 Å². The fraction of sp³-hybridized carbons (Fsp3) is 0.0909. The Hall–Kier alpha value is -6.00. The SMILES string of the molecule is CC(C)(C)c1ccnc(-n2c3ccc(-c4ccccc4)cc3c3ccc(-n4c5ccccc5c5ccc(-c6ccccn6)cc54)cc32)c1. The molecule has 4 aromatic heterocycles. The molecular weight excluding hydrogens is 585 g/mol. The van der Waals surface area contributed by atoms with Crippen molar-refractivity contribution in [1.29, 1.82) is 0 Å². The van der Waals surface area contributed by atoms with Crippen molar-refractivity contribution in [2.45, 2.75) is 26.2 Å². The van der Waals surface area contributed by atoms with E-state index in [2.05, 4.69) is 162 Å². The Labute approximate surface area is 279 Å². The number of nitrogens with zero attached hydrogens (tertiary/aromatic N) is 4. The lowest BCUT2D eigenvalue weighted by Crippen LogP contribution is -2.12. The van der Waals surface area contributed by atoms with Crippen molar-refractivity contribution < 1.29 is 0 Å². The predicted molar refractivity (Wildman–Crippen MR) is 200 cm³/mol. The van der Waals surface area contributed by atoms with Crippen molar-refractivity contribution in [2.75, 3.05) is 0 Å². The summed E-state index contributed by atoms with van der Waals surface area (Å²) in [5.74, 6) is 0.923. The van der Waals surface area contributed by atoms with E-state index in [-0.39, 0.29) is 5.41 Å². The number of hydrogen-bond donors (Lipinski definition) is 0. The Morgan fingerprint density at radius 3 is 1.98 bits per heavy atom. The molecule has 0 saturated carbocycles. The van der Waals surface area contributed by atoms with Gasteiger partial charge in [-0.05, 0) is 82.8 Å². The van der Waals surface area contributed by atoms with Crippen LogP contribution in [-0.2, 0) is 5.41 Å². The maximum absolute atomic E-state index is 4.96. The molecule has 0 aliphatic heterocycles. The van der Waals surface area contributed by atoms with Crippen molar-refractivity contribution in [3.63, 3.8) is 0 Å². The predicted octanol–water partition coefficient (Wildman–Crippen LogP) is 11.3. The van der Waals surface area contributed by atoms with Crippen LogP contribution >= 0.6 is 0 Å². The zero-order valence-corrected chi connectivity index (χ0v) is 27.2. The van der Waals surface area contributed by atoms with Gasteiger partial charge in [-0.25, -0.2) is 4.98 Å². The number of fused-ring (bicyclic) bond motifs is 6. The highest BCUT2D eigenvalue weighted by atomic mass is 15.1. The zero-order chi connectivity index (χ0) is 32.4. The van der Waals surface area contributed by atoms with Crippen LogP contribution in [0.5, 0.6) is 0 Å². The number of rotatable bonds is 4. The van der Waals surface area contributed by atoms with Gasteiger partial charge in [-0.3, -0.25) is 9.55 Å². The van der Waals surface area contributed by atoms with E-state index < -0.39 is 0 Å². The Kier molecular flexibility index (Phi) is 6.34. The fourth-order valence-electron chi connectivity index (χ4n) is 7.15. The Bertz CT molecular complexity index is 2640. The Morgan fingerprint density at radius 1 is 0.438 bits per heavy atom. The van der Waals surface area contributed by atoms with Gasteiger partial charge in [0.2, 0.25) is 0 Å². The molecule has 0 saturated heterocycles. The Morgan fingerprint density at radius 2 is 1.15 bits per heavy atom. The van der Waals surface area contributed by atoms with Crippen molar-refractivity contribution >= 4 is 43.6 Å². The topological polar surface area (TPSA) is 35.6 Å². The number of benzene rings is 5. The molecule has 0 radical (unpaired) electrons. The highest BCUT2D eigenvalue weighted by Crippen LogP contribution is 2.39. The molecule has 9 rings (SSSR count). The minimum Gasteiger partial charge on any atom is -0.309 e. The molecule has 5 aromatic carbocycles. The number of aromatic nitrogens is 4. The maximum Gasteiger partial charge on any atom is 0.137 e. The maximum atomic E-state index is 4.96. The standard InChI is InChI=1S/C44H34N4/c1-44(2,3)32-22-24-46-43(27-32)48-40-21-17-30(29-11-5-4-6-12-29)25-37(40)36-20-18-33(28-42(36)48)47-39-15-8-7-13-34(39)35-19-16-31(26-41(35)47)38-14-9-10-23-45-38/h4-28H,1-3H3. The third-order valence-electron chi connectivity index (χ3n) is 9.59. The number of para-hydroxylation sites is 1. The monoisotopic (exact) mass is 618 g/mol. The summed E-state index contributed by atoms with van der Waals surface area (Å²) in [6.45, 7) is 6.76. The van der Waals surface area contributed by atoms with E-state index in [0.29, 0.717) is 0 Å². The minimum atomic E-state index is -0.00359. The smallest absolute Gasteiger partial charge is 0.137 e. The van der Waals surface area contributed by atoms with Crippen molar-refractivity contribution in [3.05, 3.63) is 157 Å². The summed E-state index contributed by atoms with van der Waals surface area (Å²) in [5.41, 5.74) is 11.4. The van der Waals surface area contributed by atoms with Crippen LogP contribution in [0.25, 0.3) is 77.5 Å². The zero-order valence-electron chi connectivity index (χ0n) is 27.2. The van der Waals surface area contributed by atoms with Crippen LogP contribution < -0.4 is 0 Å². The second kappa shape index (κ2) is 10.8. The van der Waals surface area contributed by atoms with E-state index in [1.54, 1.807) is 0 Å². The summed E-state index contributed by atoms with van der Waals surface area (Å²) in [5, 5.41) is 4.86. The molecule has 0 unspecified atom stereocenters. The van der Waals surface area contributed by atoms with Crippen molar-refractivity contribution in [2.24, 2.45) is 0 Å². The molecule has 9 aromatic rings. The molecule has 48 heavy (non-hydrogen) atoms. The summed E-state index contributed by atoms with van der Waals surface area (Å²) in [6.07, 6.45) is 3.80. The van der Waals surface area contributed by atoms with Crippen LogP contribution in [0, 0.1) is 0 Å². The van der Waals surface area contributed by atoms with E-state index in [9.17, 15) is 0 Å². The van der Waals surface area contributed by atoms with Gasteiger partial charge in [-0.1, -0.05) is 99.6 Å². The van der Waals surface area contributed by atoms with Gasteiger partial charge in [0.25, 0.3) is 0 Å². The highest BCUT2D eigenvalue weighted by molar-refractivity contribution is 6.13. The third-order valence-corrected chi connectivity index (χ3v) is 9.59. The van der Waals surface area contributed by atoms with Crippen LogP contribution in [0.15, 0.2) is 152 Å². The van der Waals surface area contributed by atoms with E-state index >= 15 is 0 Å². The lowest BCUT2D eigenvalue weighted by atomic mass is 9.88. The number of pyridine rings is 2. The van der Waals surface area contributed by atoms with Crippen LogP contribution in [-0.4, -0.2) is 19.1 Å². The summed E-state index contributed by atoms with van der Waals surface area (Å²) in [6, 6.07) is 50.1. The lowest BCUT2D eigenvalue weighted by molar-refractivity contribution is 0.588. The van der Waals surface area contributed by atoms with Crippen LogP contribution in [0.4, 0.5) is 0 Å². The highest BCUT2D eigenvalue weighted by Gasteiger charge is 2.20. The van der Waals surface area contributed by atoms with E-state index in [1.807, 2.05) is 24.5 Å². The lowest BCUT2D eigenvalue weighted by Gasteiger charge is -2.20. The molecule has 4 heterocycles. The first-order valence-electron chi connectivity index (χ1n) is 16.5. The van der Waals surface area contributed by atoms with Gasteiger partial charge in [0, 0.05) is 45.2 Å². The Balaban J connectivity index is 1.34. The second-order valence-electron chi connectivity index (χ2n) is 13.6. The molecule has 0 fully saturated rings. The molecule has 0 bridgehead atoms. The normalized spacial score (nSPS) is 12.1. The number of hydrogen-bond acceptors (Lipinski definition) is 2. The molecule has 0 spiro atoms. The summed E-state index contributed by atoms with van der Waals surface area (Å²) in [7, 11) is 0. The van der Waals surface area contributed by atoms with Gasteiger partial charge in [0.1, 0.15) is 5.82 Å². The van der Waals surface area contributed by atoms with Gasteiger partial charge < -0.3 is 4.57 Å². The first-order valence-corrected chi connectivity index (χ1v) is 16.5. The molecule has 0 amide bonds. The molecule has 4 heteroatoms. The van der Waals surface area contributed by atoms with E-state index in [0.717, 1.165) is 39.3 Å². The van der Waals surface area contributed by atoms with Crippen molar-refractivity contribution in [1.82, 2.24) is 19.1 Å². The molecule has 0 N–H and O–H groups in total. The van der Waals surface area contributed by atoms with Crippen molar-refractivity contribution in [3.8, 4) is 33.9 Å². The fourth-order valence-corrected chi connectivity index (χ4v) is 7.15. The first-order chi connectivity index (χ1) is 23.4. The molecule has 0 aliphatic rings. The van der Waals surface area contributed by atoms with Gasteiger partial charge in [-0.2, -0.15) is 0 Å². The molecule has 0 atom stereocenters. The second-order valence-corrected chi connectivity index (χ2v) is 13.6. The van der Waals surface area contributed by atoms with Gasteiger partial charge in [0.05, 0.1) is 27.8 Å². The summed E-state index contributed by atoms with van der Waals surface area (Å²) in [4.78, 5) is 9.62. The largest absolute Gasteiger partial charge is 0.309 e. The van der Waals surface area contributed by atoms with E-state index in [1.165, 1.54) is 43.8 Å². The van der Waals surface area contributed by atoms with Gasteiger partial charge in [-0.15, -0.1) is 0 Å². The molecule has 0 aliphatic carbocycles. The average Bonchev–Trinajstić information content (AvgIpc) is 3.63.